The third-order valence-electron chi connectivity index (χ3n) is 5.11. The number of aromatic nitrogens is 2. The molecule has 1 unspecified atom stereocenters. The number of carbonyl (C=O) groups is 1. The maximum absolute atomic E-state index is 13.2. The highest BCUT2D eigenvalue weighted by Gasteiger charge is 2.30. The molecule has 0 spiro atoms. The lowest BCUT2D eigenvalue weighted by Crippen LogP contribution is -2.44. The maximum Gasteiger partial charge on any atom is 0.274 e. The van der Waals surface area contributed by atoms with Crippen LogP contribution in [-0.4, -0.2) is 26.6 Å². The summed E-state index contributed by atoms with van der Waals surface area (Å²) in [5.74, 6) is -0.138. The first-order valence-electron chi connectivity index (χ1n) is 9.21. The van der Waals surface area contributed by atoms with Crippen LogP contribution < -0.4 is 5.56 Å². The summed E-state index contributed by atoms with van der Waals surface area (Å²) in [4.78, 5) is 27.3. The van der Waals surface area contributed by atoms with Crippen LogP contribution in [0.25, 0.3) is 5.69 Å². The molecule has 136 valence electrons. The number of benzene rings is 2. The van der Waals surface area contributed by atoms with Crippen LogP contribution in [0.1, 0.15) is 35.0 Å². The minimum Gasteiger partial charge on any atom is -0.330 e. The first-order chi connectivity index (χ1) is 13.2. The van der Waals surface area contributed by atoms with Gasteiger partial charge in [-0.2, -0.15) is 9.78 Å². The first kappa shape index (κ1) is 17.2. The van der Waals surface area contributed by atoms with Crippen molar-refractivity contribution >= 4 is 5.91 Å². The third kappa shape index (κ3) is 3.28. The van der Waals surface area contributed by atoms with Gasteiger partial charge in [0.2, 0.25) is 0 Å². The van der Waals surface area contributed by atoms with Gasteiger partial charge in [0.05, 0.1) is 5.69 Å². The van der Waals surface area contributed by atoms with Gasteiger partial charge in [0.15, 0.2) is 0 Å². The molecule has 27 heavy (non-hydrogen) atoms. The molecule has 1 aromatic heterocycles. The lowest BCUT2D eigenvalue weighted by atomic mass is 9.92. The van der Waals surface area contributed by atoms with E-state index in [-0.39, 0.29) is 23.2 Å². The van der Waals surface area contributed by atoms with Gasteiger partial charge in [0.1, 0.15) is 5.69 Å². The van der Waals surface area contributed by atoms with E-state index < -0.39 is 0 Å². The predicted octanol–water partition coefficient (Wildman–Crippen LogP) is 3.21. The Labute approximate surface area is 157 Å². The zero-order valence-electron chi connectivity index (χ0n) is 15.2. The second-order valence-electron chi connectivity index (χ2n) is 6.77. The van der Waals surface area contributed by atoms with Gasteiger partial charge in [-0.1, -0.05) is 49.4 Å². The van der Waals surface area contributed by atoms with Gasteiger partial charge in [0.25, 0.3) is 11.5 Å². The number of rotatable bonds is 3. The summed E-state index contributed by atoms with van der Waals surface area (Å²) < 4.78 is 1.28. The van der Waals surface area contributed by atoms with Crippen molar-refractivity contribution in [3.8, 4) is 5.69 Å². The van der Waals surface area contributed by atoms with Crippen LogP contribution in [0, 0.1) is 0 Å². The molecule has 0 bridgehead atoms. The Bertz CT molecular complexity index is 1030. The molecule has 0 aliphatic carbocycles. The molecule has 1 amide bonds. The Hall–Kier alpha value is -3.21. The van der Waals surface area contributed by atoms with Crippen LogP contribution in [-0.2, 0) is 13.0 Å². The van der Waals surface area contributed by atoms with Crippen molar-refractivity contribution in [2.24, 2.45) is 0 Å². The van der Waals surface area contributed by atoms with Gasteiger partial charge in [-0.25, -0.2) is 0 Å². The van der Waals surface area contributed by atoms with E-state index in [1.165, 1.54) is 27.9 Å². The standard InChI is InChI=1S/C22H21N3O2/c1-2-18-14-16-8-6-7-9-17(16)15-24(18)22(27)20-12-13-21(26)25(23-20)19-10-4-3-5-11-19/h3-13,18H,2,14-15H2,1H3. The molecule has 1 aliphatic heterocycles. The van der Waals surface area contributed by atoms with Crippen molar-refractivity contribution in [1.82, 2.24) is 14.7 Å². The van der Waals surface area contributed by atoms with Crippen LogP contribution in [0.4, 0.5) is 0 Å². The fraction of sp³-hybridized carbons (Fsp3) is 0.227. The number of hydrogen-bond acceptors (Lipinski definition) is 3. The van der Waals surface area contributed by atoms with E-state index in [0.717, 1.165) is 12.8 Å². The van der Waals surface area contributed by atoms with E-state index in [1.807, 2.05) is 35.2 Å². The third-order valence-corrected chi connectivity index (χ3v) is 5.11. The molecule has 5 heteroatoms. The molecule has 1 aliphatic rings. The molecular weight excluding hydrogens is 338 g/mol. The molecule has 2 aromatic carbocycles. The molecule has 0 fully saturated rings. The zero-order valence-corrected chi connectivity index (χ0v) is 15.2. The van der Waals surface area contributed by atoms with Gasteiger partial charge in [0, 0.05) is 18.7 Å². The van der Waals surface area contributed by atoms with Gasteiger partial charge >= 0.3 is 0 Å². The van der Waals surface area contributed by atoms with Crippen LogP contribution >= 0.6 is 0 Å². The van der Waals surface area contributed by atoms with Crippen LogP contribution in [0.15, 0.2) is 71.5 Å². The number of fused-ring (bicyclic) bond motifs is 1. The largest absolute Gasteiger partial charge is 0.330 e. The van der Waals surface area contributed by atoms with Crippen molar-refractivity contribution in [3.05, 3.63) is 93.9 Å². The minimum absolute atomic E-state index is 0.131. The van der Waals surface area contributed by atoms with Crippen molar-refractivity contribution in [2.45, 2.75) is 32.4 Å². The van der Waals surface area contributed by atoms with Gasteiger partial charge in [-0.05, 0) is 42.2 Å². The number of hydrogen-bond donors (Lipinski definition) is 0. The van der Waals surface area contributed by atoms with Crippen molar-refractivity contribution < 1.29 is 4.79 Å². The lowest BCUT2D eigenvalue weighted by Gasteiger charge is -2.36. The highest BCUT2D eigenvalue weighted by atomic mass is 16.2. The first-order valence-corrected chi connectivity index (χ1v) is 9.21. The highest BCUT2D eigenvalue weighted by Crippen LogP contribution is 2.26. The fourth-order valence-corrected chi connectivity index (χ4v) is 3.62. The summed E-state index contributed by atoms with van der Waals surface area (Å²) in [7, 11) is 0. The van der Waals surface area contributed by atoms with E-state index in [2.05, 4.69) is 24.2 Å². The van der Waals surface area contributed by atoms with E-state index >= 15 is 0 Å². The number of nitrogens with zero attached hydrogens (tertiary/aromatic N) is 3. The van der Waals surface area contributed by atoms with Crippen molar-refractivity contribution in [3.63, 3.8) is 0 Å². The summed E-state index contributed by atoms with van der Waals surface area (Å²) in [6, 6.07) is 20.5. The summed E-state index contributed by atoms with van der Waals surface area (Å²) in [5, 5.41) is 4.36. The van der Waals surface area contributed by atoms with E-state index in [4.69, 9.17) is 0 Å². The lowest BCUT2D eigenvalue weighted by molar-refractivity contribution is 0.0626. The second kappa shape index (κ2) is 7.19. The smallest absolute Gasteiger partial charge is 0.274 e. The molecule has 0 saturated carbocycles. The predicted molar refractivity (Wildman–Crippen MR) is 104 cm³/mol. The van der Waals surface area contributed by atoms with Crippen molar-refractivity contribution in [1.29, 1.82) is 0 Å². The van der Waals surface area contributed by atoms with Gasteiger partial charge in [-0.15, -0.1) is 0 Å². The van der Waals surface area contributed by atoms with E-state index in [9.17, 15) is 9.59 Å². The minimum atomic E-state index is -0.256. The molecule has 3 aromatic rings. The van der Waals surface area contributed by atoms with E-state index in [0.29, 0.717) is 12.2 Å². The molecule has 0 saturated heterocycles. The Morgan fingerprint density at radius 1 is 1.00 bits per heavy atom. The topological polar surface area (TPSA) is 55.2 Å². The molecule has 0 radical (unpaired) electrons. The van der Waals surface area contributed by atoms with Crippen LogP contribution in [0.2, 0.25) is 0 Å². The summed E-state index contributed by atoms with van der Waals surface area (Å²) in [6.45, 7) is 2.66. The molecule has 5 nitrogen and oxygen atoms in total. The monoisotopic (exact) mass is 359 g/mol. The average molecular weight is 359 g/mol. The molecule has 4 rings (SSSR count). The molecule has 1 atom stereocenters. The summed E-state index contributed by atoms with van der Waals surface area (Å²) >= 11 is 0. The molecule has 0 N–H and O–H groups in total. The Morgan fingerprint density at radius 3 is 2.44 bits per heavy atom. The molecule has 2 heterocycles. The number of para-hydroxylation sites is 1. The Kier molecular flexibility index (Phi) is 4.59. The summed E-state index contributed by atoms with van der Waals surface area (Å²) in [5.41, 5.74) is 3.15. The average Bonchev–Trinajstić information content (AvgIpc) is 2.73. The van der Waals surface area contributed by atoms with Gasteiger partial charge in [-0.3, -0.25) is 9.59 Å². The summed E-state index contributed by atoms with van der Waals surface area (Å²) in [6.07, 6.45) is 1.72. The second-order valence-corrected chi connectivity index (χ2v) is 6.77. The maximum atomic E-state index is 13.2. The SMILES string of the molecule is CCC1Cc2ccccc2CN1C(=O)c1ccc(=O)n(-c2ccccc2)n1. The normalized spacial score (nSPS) is 16.0. The van der Waals surface area contributed by atoms with Crippen LogP contribution in [0.5, 0.6) is 0 Å². The Morgan fingerprint density at radius 2 is 1.70 bits per heavy atom. The number of amides is 1. The fourth-order valence-electron chi connectivity index (χ4n) is 3.62. The highest BCUT2D eigenvalue weighted by molar-refractivity contribution is 5.92. The zero-order chi connectivity index (χ0) is 18.8. The number of carbonyl (C=O) groups excluding carboxylic acids is 1. The Balaban J connectivity index is 1.69. The van der Waals surface area contributed by atoms with Gasteiger partial charge < -0.3 is 4.90 Å². The quantitative estimate of drug-likeness (QED) is 0.722. The van der Waals surface area contributed by atoms with Crippen molar-refractivity contribution in [2.75, 3.05) is 0 Å². The van der Waals surface area contributed by atoms with Crippen LogP contribution in [0.3, 0.4) is 0 Å². The van der Waals surface area contributed by atoms with E-state index in [1.54, 1.807) is 12.1 Å². The molecular formula is C22H21N3O2.